The van der Waals surface area contributed by atoms with E-state index in [4.69, 9.17) is 5.26 Å². The Balaban J connectivity index is 2.42. The smallest absolute Gasteiger partial charge is 0.194 e. The van der Waals surface area contributed by atoms with Gasteiger partial charge in [-0.3, -0.25) is 0 Å². The standard InChI is InChI=1S/C7H7N3S/c8-3-7-10-5-1-2-9-4-6(5)11-7/h9H,1-2,4H2. The van der Waals surface area contributed by atoms with Crippen LogP contribution in [0, 0.1) is 11.3 Å². The lowest BCUT2D eigenvalue weighted by atomic mass is 10.2. The summed E-state index contributed by atoms with van der Waals surface area (Å²) >= 11 is 1.50. The molecule has 1 aliphatic rings. The third kappa shape index (κ3) is 1.13. The summed E-state index contributed by atoms with van der Waals surface area (Å²) in [6.45, 7) is 1.87. The Labute approximate surface area is 68.7 Å². The molecule has 0 saturated heterocycles. The third-order valence-corrected chi connectivity index (χ3v) is 2.70. The molecule has 0 bridgehead atoms. The van der Waals surface area contributed by atoms with Crippen molar-refractivity contribution in [3.63, 3.8) is 0 Å². The van der Waals surface area contributed by atoms with Gasteiger partial charge in [-0.15, -0.1) is 11.3 Å². The molecule has 2 heterocycles. The second-order valence-electron chi connectivity index (χ2n) is 2.43. The van der Waals surface area contributed by atoms with E-state index in [1.165, 1.54) is 16.2 Å². The maximum absolute atomic E-state index is 8.56. The van der Waals surface area contributed by atoms with Crippen molar-refractivity contribution in [3.05, 3.63) is 15.6 Å². The average Bonchev–Trinajstić information content (AvgIpc) is 2.46. The maximum atomic E-state index is 8.56. The van der Waals surface area contributed by atoms with Gasteiger partial charge >= 0.3 is 0 Å². The molecular formula is C7H7N3S. The highest BCUT2D eigenvalue weighted by Gasteiger charge is 2.13. The lowest BCUT2D eigenvalue weighted by molar-refractivity contribution is 0.643. The first-order valence-corrected chi connectivity index (χ1v) is 4.31. The van der Waals surface area contributed by atoms with Crippen LogP contribution in [0.2, 0.25) is 0 Å². The van der Waals surface area contributed by atoms with E-state index in [0.29, 0.717) is 5.01 Å². The Kier molecular flexibility index (Phi) is 1.60. The van der Waals surface area contributed by atoms with Gasteiger partial charge in [0.05, 0.1) is 5.69 Å². The minimum atomic E-state index is 0.596. The molecule has 0 fully saturated rings. The van der Waals surface area contributed by atoms with Crippen LogP contribution in [0.5, 0.6) is 0 Å². The SMILES string of the molecule is N#Cc1nc2c(s1)CNCC2. The average molecular weight is 165 g/mol. The summed E-state index contributed by atoms with van der Waals surface area (Å²) in [6.07, 6.45) is 0.966. The van der Waals surface area contributed by atoms with Crippen LogP contribution < -0.4 is 5.32 Å². The van der Waals surface area contributed by atoms with Crippen molar-refractivity contribution in [3.8, 4) is 6.07 Å². The fourth-order valence-electron chi connectivity index (χ4n) is 1.17. The molecule has 2 rings (SSSR count). The van der Waals surface area contributed by atoms with Crippen LogP contribution in [0.15, 0.2) is 0 Å². The Bertz CT molecular complexity index is 286. The van der Waals surface area contributed by atoms with E-state index in [1.807, 2.05) is 0 Å². The van der Waals surface area contributed by atoms with Gasteiger partial charge < -0.3 is 5.32 Å². The number of nitriles is 1. The quantitative estimate of drug-likeness (QED) is 0.614. The summed E-state index contributed by atoms with van der Waals surface area (Å²) in [5, 5.41) is 12.4. The van der Waals surface area contributed by atoms with E-state index >= 15 is 0 Å². The van der Waals surface area contributed by atoms with Crippen LogP contribution in [0.1, 0.15) is 15.6 Å². The second-order valence-corrected chi connectivity index (χ2v) is 3.51. The van der Waals surface area contributed by atoms with Crippen LogP contribution >= 0.6 is 11.3 Å². The van der Waals surface area contributed by atoms with Gasteiger partial charge in [0.15, 0.2) is 5.01 Å². The summed E-state index contributed by atoms with van der Waals surface area (Å²) in [6, 6.07) is 2.06. The van der Waals surface area contributed by atoms with Crippen molar-refractivity contribution >= 4 is 11.3 Å². The lowest BCUT2D eigenvalue weighted by Crippen LogP contribution is -2.22. The number of nitrogens with zero attached hydrogens (tertiary/aromatic N) is 2. The largest absolute Gasteiger partial charge is 0.311 e. The van der Waals surface area contributed by atoms with Crippen molar-refractivity contribution in [1.29, 1.82) is 5.26 Å². The highest BCUT2D eigenvalue weighted by molar-refractivity contribution is 7.12. The van der Waals surface area contributed by atoms with E-state index in [-0.39, 0.29) is 0 Å². The molecule has 0 unspecified atom stereocenters. The number of fused-ring (bicyclic) bond motifs is 1. The zero-order valence-electron chi connectivity index (χ0n) is 5.92. The molecule has 4 heteroatoms. The first-order chi connectivity index (χ1) is 5.40. The van der Waals surface area contributed by atoms with E-state index in [9.17, 15) is 0 Å². The third-order valence-electron chi connectivity index (χ3n) is 1.70. The molecule has 0 atom stereocenters. The van der Waals surface area contributed by atoms with Crippen molar-refractivity contribution in [2.45, 2.75) is 13.0 Å². The highest BCUT2D eigenvalue weighted by atomic mass is 32.1. The van der Waals surface area contributed by atoms with Crippen LogP contribution in [0.4, 0.5) is 0 Å². The minimum Gasteiger partial charge on any atom is -0.311 e. The first kappa shape index (κ1) is 6.77. The molecule has 3 nitrogen and oxygen atoms in total. The van der Waals surface area contributed by atoms with Gasteiger partial charge in [-0.05, 0) is 0 Å². The zero-order chi connectivity index (χ0) is 7.68. The van der Waals surface area contributed by atoms with Gasteiger partial charge in [0.2, 0.25) is 0 Å². The molecule has 0 saturated carbocycles. The fraction of sp³-hybridized carbons (Fsp3) is 0.429. The summed E-state index contributed by atoms with van der Waals surface area (Å²) < 4.78 is 0. The lowest BCUT2D eigenvalue weighted by Gasteiger charge is -2.09. The number of nitrogens with one attached hydrogen (secondary N) is 1. The Morgan fingerprint density at radius 3 is 3.27 bits per heavy atom. The van der Waals surface area contributed by atoms with Crippen LogP contribution in [-0.2, 0) is 13.0 Å². The van der Waals surface area contributed by atoms with Crippen molar-refractivity contribution in [2.24, 2.45) is 0 Å². The second kappa shape index (κ2) is 2.61. The normalized spacial score (nSPS) is 15.5. The minimum absolute atomic E-state index is 0.596. The summed E-state index contributed by atoms with van der Waals surface area (Å²) in [4.78, 5) is 5.42. The van der Waals surface area contributed by atoms with Gasteiger partial charge in [0, 0.05) is 24.4 Å². The number of hydrogen-bond donors (Lipinski definition) is 1. The molecule has 11 heavy (non-hydrogen) atoms. The number of thiazole rings is 1. The molecule has 0 amide bonds. The first-order valence-electron chi connectivity index (χ1n) is 3.49. The van der Waals surface area contributed by atoms with Gasteiger partial charge in [-0.1, -0.05) is 0 Å². The zero-order valence-corrected chi connectivity index (χ0v) is 6.74. The molecule has 1 aromatic heterocycles. The van der Waals surface area contributed by atoms with Crippen molar-refractivity contribution < 1.29 is 0 Å². The predicted octanol–water partition coefficient (Wildman–Crippen LogP) is 0.660. The number of hydrogen-bond acceptors (Lipinski definition) is 4. The topological polar surface area (TPSA) is 48.7 Å². The van der Waals surface area contributed by atoms with Crippen LogP contribution in [-0.4, -0.2) is 11.5 Å². The van der Waals surface area contributed by atoms with Crippen molar-refractivity contribution in [1.82, 2.24) is 10.3 Å². The van der Waals surface area contributed by atoms with E-state index in [2.05, 4.69) is 16.4 Å². The van der Waals surface area contributed by atoms with Gasteiger partial charge in [0.25, 0.3) is 0 Å². The Hall–Kier alpha value is -0.920. The highest BCUT2D eigenvalue weighted by Crippen LogP contribution is 2.20. The molecule has 0 spiro atoms. The van der Waals surface area contributed by atoms with E-state index in [1.54, 1.807) is 0 Å². The molecule has 0 aromatic carbocycles. The predicted molar refractivity (Wildman–Crippen MR) is 42.2 cm³/mol. The van der Waals surface area contributed by atoms with Gasteiger partial charge in [-0.25, -0.2) is 4.98 Å². The number of aromatic nitrogens is 1. The molecule has 1 aliphatic heterocycles. The summed E-state index contributed by atoms with van der Waals surface area (Å²) in [7, 11) is 0. The summed E-state index contributed by atoms with van der Waals surface area (Å²) in [5.74, 6) is 0. The number of rotatable bonds is 0. The summed E-state index contributed by atoms with van der Waals surface area (Å²) in [5.41, 5.74) is 1.12. The molecule has 1 N–H and O–H groups in total. The van der Waals surface area contributed by atoms with Crippen LogP contribution in [0.3, 0.4) is 0 Å². The van der Waals surface area contributed by atoms with Crippen LogP contribution in [0.25, 0.3) is 0 Å². The Morgan fingerprint density at radius 2 is 2.55 bits per heavy atom. The van der Waals surface area contributed by atoms with Gasteiger partial charge in [0.1, 0.15) is 6.07 Å². The van der Waals surface area contributed by atoms with Crippen molar-refractivity contribution in [2.75, 3.05) is 6.54 Å². The maximum Gasteiger partial charge on any atom is 0.194 e. The van der Waals surface area contributed by atoms with E-state index < -0.39 is 0 Å². The molecule has 0 radical (unpaired) electrons. The Morgan fingerprint density at radius 1 is 1.64 bits per heavy atom. The molecule has 56 valence electrons. The molecular weight excluding hydrogens is 158 g/mol. The van der Waals surface area contributed by atoms with Gasteiger partial charge in [-0.2, -0.15) is 5.26 Å². The molecule has 1 aromatic rings. The fourth-order valence-corrected chi connectivity index (χ4v) is 2.05. The monoisotopic (exact) mass is 165 g/mol. The van der Waals surface area contributed by atoms with E-state index in [0.717, 1.165) is 25.2 Å². The molecule has 0 aliphatic carbocycles.